The maximum absolute atomic E-state index is 5.71. The van der Waals surface area contributed by atoms with Crippen LogP contribution in [0.5, 0.6) is 0 Å². The van der Waals surface area contributed by atoms with E-state index in [0.29, 0.717) is 5.92 Å². The summed E-state index contributed by atoms with van der Waals surface area (Å²) in [6, 6.07) is 16.4. The fourth-order valence-electron chi connectivity index (χ4n) is 2.10. The van der Waals surface area contributed by atoms with Crippen molar-refractivity contribution in [2.75, 3.05) is 5.32 Å². The molecule has 3 nitrogen and oxygen atoms in total. The first-order valence-electron chi connectivity index (χ1n) is 6.90. The third-order valence-corrected chi connectivity index (χ3v) is 3.24. The van der Waals surface area contributed by atoms with Gasteiger partial charge in [0, 0.05) is 18.2 Å². The summed E-state index contributed by atoms with van der Waals surface area (Å²) >= 11 is 0. The molecule has 0 saturated carbocycles. The first-order valence-corrected chi connectivity index (χ1v) is 6.90. The van der Waals surface area contributed by atoms with E-state index in [4.69, 9.17) is 4.42 Å². The Kier molecular flexibility index (Phi) is 3.42. The van der Waals surface area contributed by atoms with Gasteiger partial charge in [-0.2, -0.15) is 0 Å². The van der Waals surface area contributed by atoms with E-state index in [0.717, 1.165) is 29.2 Å². The van der Waals surface area contributed by atoms with E-state index < -0.39 is 0 Å². The summed E-state index contributed by atoms with van der Waals surface area (Å²) in [5.74, 6) is 1.10. The zero-order valence-electron chi connectivity index (χ0n) is 11.8. The van der Waals surface area contributed by atoms with Crippen LogP contribution >= 0.6 is 0 Å². The van der Waals surface area contributed by atoms with Crippen LogP contribution in [0.3, 0.4) is 0 Å². The van der Waals surface area contributed by atoms with Gasteiger partial charge in [-0.3, -0.25) is 0 Å². The molecule has 0 saturated heterocycles. The summed E-state index contributed by atoms with van der Waals surface area (Å²) < 4.78 is 5.71. The van der Waals surface area contributed by atoms with E-state index in [9.17, 15) is 0 Å². The number of nitrogens with one attached hydrogen (secondary N) is 1. The van der Waals surface area contributed by atoms with Gasteiger partial charge in [-0.05, 0) is 23.8 Å². The fourth-order valence-corrected chi connectivity index (χ4v) is 2.10. The number of hydrogen-bond acceptors (Lipinski definition) is 3. The lowest BCUT2D eigenvalue weighted by Crippen LogP contribution is -1.98. The molecular weight excluding hydrogens is 248 g/mol. The van der Waals surface area contributed by atoms with E-state index in [2.05, 4.69) is 36.3 Å². The number of nitrogens with zero attached hydrogens (tertiary/aromatic N) is 1. The number of oxazole rings is 1. The van der Waals surface area contributed by atoms with E-state index in [1.165, 1.54) is 5.56 Å². The Morgan fingerprint density at radius 3 is 2.65 bits per heavy atom. The molecule has 0 unspecified atom stereocenters. The van der Waals surface area contributed by atoms with Crippen molar-refractivity contribution in [2.24, 2.45) is 0 Å². The number of aromatic nitrogens is 1. The van der Waals surface area contributed by atoms with Crippen molar-refractivity contribution >= 4 is 16.8 Å². The van der Waals surface area contributed by atoms with Crippen LogP contribution in [0.25, 0.3) is 11.1 Å². The molecule has 1 N–H and O–H groups in total. The second-order valence-electron chi connectivity index (χ2n) is 5.23. The van der Waals surface area contributed by atoms with Gasteiger partial charge in [0.2, 0.25) is 0 Å². The van der Waals surface area contributed by atoms with Crippen molar-refractivity contribution in [1.82, 2.24) is 4.98 Å². The van der Waals surface area contributed by atoms with Crippen molar-refractivity contribution < 1.29 is 4.42 Å². The molecule has 0 radical (unpaired) electrons. The van der Waals surface area contributed by atoms with Gasteiger partial charge in [-0.25, -0.2) is 4.98 Å². The Balaban J connectivity index is 1.78. The van der Waals surface area contributed by atoms with Crippen molar-refractivity contribution in [3.05, 3.63) is 60.0 Å². The molecule has 20 heavy (non-hydrogen) atoms. The van der Waals surface area contributed by atoms with Crippen LogP contribution in [0, 0.1) is 0 Å². The van der Waals surface area contributed by atoms with Crippen molar-refractivity contribution in [3.63, 3.8) is 0 Å². The highest BCUT2D eigenvalue weighted by Gasteiger charge is 2.09. The lowest BCUT2D eigenvalue weighted by molar-refractivity contribution is 0.501. The molecule has 102 valence electrons. The second-order valence-corrected chi connectivity index (χ2v) is 5.23. The molecule has 0 aliphatic heterocycles. The average molecular weight is 266 g/mol. The summed E-state index contributed by atoms with van der Waals surface area (Å²) in [5, 5.41) is 3.41. The highest BCUT2D eigenvalue weighted by atomic mass is 16.3. The first kappa shape index (κ1) is 12.7. The van der Waals surface area contributed by atoms with Crippen molar-refractivity contribution in [1.29, 1.82) is 0 Å². The van der Waals surface area contributed by atoms with Gasteiger partial charge >= 0.3 is 0 Å². The summed E-state index contributed by atoms with van der Waals surface area (Å²) in [6.07, 6.45) is 0. The second kappa shape index (κ2) is 5.37. The molecule has 0 aliphatic rings. The van der Waals surface area contributed by atoms with Crippen LogP contribution in [0.2, 0.25) is 0 Å². The van der Waals surface area contributed by atoms with Gasteiger partial charge in [-0.15, -0.1) is 0 Å². The monoisotopic (exact) mass is 266 g/mol. The van der Waals surface area contributed by atoms with Crippen LogP contribution in [0.15, 0.2) is 52.9 Å². The Morgan fingerprint density at radius 1 is 1.10 bits per heavy atom. The standard InChI is InChI=1S/C17H18N2O/c1-12(2)17-19-15-10-14(8-9-16(15)20-17)18-11-13-6-4-3-5-7-13/h3-10,12,18H,11H2,1-2H3. The van der Waals surface area contributed by atoms with Crippen LogP contribution in [0.1, 0.15) is 31.2 Å². The minimum Gasteiger partial charge on any atom is -0.440 e. The van der Waals surface area contributed by atoms with Crippen LogP contribution in [-0.4, -0.2) is 4.98 Å². The maximum Gasteiger partial charge on any atom is 0.198 e. The van der Waals surface area contributed by atoms with E-state index in [-0.39, 0.29) is 0 Å². The number of fused-ring (bicyclic) bond motifs is 1. The molecule has 0 spiro atoms. The Labute approximate surface area is 118 Å². The smallest absolute Gasteiger partial charge is 0.198 e. The highest BCUT2D eigenvalue weighted by molar-refractivity contribution is 5.77. The van der Waals surface area contributed by atoms with E-state index in [1.807, 2.05) is 36.4 Å². The van der Waals surface area contributed by atoms with Crippen LogP contribution in [-0.2, 0) is 6.54 Å². The quantitative estimate of drug-likeness (QED) is 0.752. The SMILES string of the molecule is CC(C)c1nc2cc(NCc3ccccc3)ccc2o1. The third kappa shape index (κ3) is 2.67. The number of benzene rings is 2. The van der Waals surface area contributed by atoms with Crippen molar-refractivity contribution in [3.8, 4) is 0 Å². The summed E-state index contributed by atoms with van der Waals surface area (Å²) in [5.41, 5.74) is 4.08. The lowest BCUT2D eigenvalue weighted by Gasteiger charge is -2.05. The largest absolute Gasteiger partial charge is 0.440 e. The lowest BCUT2D eigenvalue weighted by atomic mass is 10.2. The van der Waals surface area contributed by atoms with E-state index >= 15 is 0 Å². The number of rotatable bonds is 4. The molecule has 1 aromatic heterocycles. The van der Waals surface area contributed by atoms with Crippen LogP contribution in [0.4, 0.5) is 5.69 Å². The summed E-state index contributed by atoms with van der Waals surface area (Å²) in [6.45, 7) is 4.97. The van der Waals surface area contributed by atoms with Gasteiger partial charge < -0.3 is 9.73 Å². The predicted molar refractivity (Wildman–Crippen MR) is 81.9 cm³/mol. The highest BCUT2D eigenvalue weighted by Crippen LogP contribution is 2.23. The fraction of sp³-hybridized carbons (Fsp3) is 0.235. The van der Waals surface area contributed by atoms with Gasteiger partial charge in [0.1, 0.15) is 5.52 Å². The minimum absolute atomic E-state index is 0.308. The normalized spacial score (nSPS) is 11.2. The van der Waals surface area contributed by atoms with E-state index in [1.54, 1.807) is 0 Å². The summed E-state index contributed by atoms with van der Waals surface area (Å²) in [4.78, 5) is 4.52. The Bertz CT molecular complexity index is 701. The predicted octanol–water partition coefficient (Wildman–Crippen LogP) is 4.56. The summed E-state index contributed by atoms with van der Waals surface area (Å²) in [7, 11) is 0. The topological polar surface area (TPSA) is 38.1 Å². The molecule has 3 aromatic rings. The van der Waals surface area contributed by atoms with Crippen molar-refractivity contribution in [2.45, 2.75) is 26.3 Å². The molecule has 0 bridgehead atoms. The Hall–Kier alpha value is -2.29. The molecule has 0 atom stereocenters. The number of hydrogen-bond donors (Lipinski definition) is 1. The number of anilines is 1. The van der Waals surface area contributed by atoms with Gasteiger partial charge in [-0.1, -0.05) is 44.2 Å². The third-order valence-electron chi connectivity index (χ3n) is 3.24. The molecule has 3 rings (SSSR count). The average Bonchev–Trinajstić information content (AvgIpc) is 2.89. The van der Waals surface area contributed by atoms with Gasteiger partial charge in [0.05, 0.1) is 0 Å². The zero-order valence-corrected chi connectivity index (χ0v) is 11.8. The molecular formula is C17H18N2O. The van der Waals surface area contributed by atoms with Gasteiger partial charge in [0.15, 0.2) is 11.5 Å². The van der Waals surface area contributed by atoms with Crippen LogP contribution < -0.4 is 5.32 Å². The maximum atomic E-state index is 5.71. The molecule has 0 fully saturated rings. The molecule has 3 heteroatoms. The van der Waals surface area contributed by atoms with Gasteiger partial charge in [0.25, 0.3) is 0 Å². The first-order chi connectivity index (χ1) is 9.72. The molecule has 0 aliphatic carbocycles. The molecule has 1 heterocycles. The molecule has 0 amide bonds. The Morgan fingerprint density at radius 2 is 1.90 bits per heavy atom. The minimum atomic E-state index is 0.308. The zero-order chi connectivity index (χ0) is 13.9. The molecule has 2 aromatic carbocycles.